The van der Waals surface area contributed by atoms with Crippen LogP contribution in [0.5, 0.6) is 0 Å². The van der Waals surface area contributed by atoms with Crippen LogP contribution in [0, 0.1) is 5.82 Å². The molecule has 24 heavy (non-hydrogen) atoms. The van der Waals surface area contributed by atoms with E-state index in [0.717, 1.165) is 5.56 Å². The molecule has 3 aromatic rings. The van der Waals surface area contributed by atoms with Crippen molar-refractivity contribution in [3.63, 3.8) is 0 Å². The van der Waals surface area contributed by atoms with Crippen molar-refractivity contribution in [2.75, 3.05) is 5.32 Å². The molecule has 1 amide bonds. The van der Waals surface area contributed by atoms with E-state index in [0.29, 0.717) is 12.2 Å². The summed E-state index contributed by atoms with van der Waals surface area (Å²) in [4.78, 5) is 20.4. The van der Waals surface area contributed by atoms with Gasteiger partial charge in [-0.25, -0.2) is 14.4 Å². The van der Waals surface area contributed by atoms with Gasteiger partial charge >= 0.3 is 0 Å². The van der Waals surface area contributed by atoms with Crippen molar-refractivity contribution < 1.29 is 9.18 Å². The third kappa shape index (κ3) is 4.13. The van der Waals surface area contributed by atoms with E-state index in [-0.39, 0.29) is 23.4 Å². The van der Waals surface area contributed by atoms with Crippen molar-refractivity contribution in [1.82, 2.24) is 15.3 Å². The number of nitrogens with one attached hydrogen (secondary N) is 2. The Kier molecular flexibility index (Phi) is 4.76. The van der Waals surface area contributed by atoms with Crippen molar-refractivity contribution >= 4 is 17.5 Å². The standard InChI is InChI=1S/C18H15FN4O/c19-14-6-8-15(9-7-14)22-18-20-11-10-16(23-18)17(24)21-12-13-4-2-1-3-5-13/h1-11H,12H2,(H,21,24)(H,20,22,23). The lowest BCUT2D eigenvalue weighted by Crippen LogP contribution is -2.24. The molecule has 1 heterocycles. The maximum Gasteiger partial charge on any atom is 0.270 e. The minimum atomic E-state index is -0.324. The Morgan fingerprint density at radius 1 is 1.00 bits per heavy atom. The molecule has 6 heteroatoms. The van der Waals surface area contributed by atoms with Gasteiger partial charge < -0.3 is 10.6 Å². The molecule has 0 aliphatic carbocycles. The highest BCUT2D eigenvalue weighted by atomic mass is 19.1. The second-order valence-corrected chi connectivity index (χ2v) is 5.07. The number of hydrogen-bond donors (Lipinski definition) is 2. The molecule has 0 aliphatic heterocycles. The summed E-state index contributed by atoms with van der Waals surface area (Å²) in [5, 5.41) is 5.74. The van der Waals surface area contributed by atoms with Gasteiger partial charge in [-0.1, -0.05) is 30.3 Å². The van der Waals surface area contributed by atoms with Gasteiger partial charge in [0.05, 0.1) is 0 Å². The minimum Gasteiger partial charge on any atom is -0.347 e. The van der Waals surface area contributed by atoms with E-state index in [2.05, 4.69) is 20.6 Å². The fraction of sp³-hybridized carbons (Fsp3) is 0.0556. The van der Waals surface area contributed by atoms with Gasteiger partial charge in [-0.05, 0) is 35.9 Å². The van der Waals surface area contributed by atoms with Crippen LogP contribution in [-0.2, 0) is 6.54 Å². The first-order chi connectivity index (χ1) is 11.7. The molecular weight excluding hydrogens is 307 g/mol. The Balaban J connectivity index is 1.65. The highest BCUT2D eigenvalue weighted by Gasteiger charge is 2.08. The van der Waals surface area contributed by atoms with Crippen LogP contribution in [0.15, 0.2) is 66.9 Å². The number of benzene rings is 2. The molecule has 0 unspecified atom stereocenters. The number of halogens is 1. The third-order valence-electron chi connectivity index (χ3n) is 3.28. The smallest absolute Gasteiger partial charge is 0.270 e. The summed E-state index contributed by atoms with van der Waals surface area (Å²) in [6, 6.07) is 17.0. The predicted octanol–water partition coefficient (Wildman–Crippen LogP) is 3.29. The molecule has 120 valence electrons. The summed E-state index contributed by atoms with van der Waals surface area (Å²) >= 11 is 0. The highest BCUT2D eigenvalue weighted by molar-refractivity contribution is 5.92. The number of nitrogens with zero attached hydrogens (tertiary/aromatic N) is 2. The summed E-state index contributed by atoms with van der Waals surface area (Å²) in [5.41, 5.74) is 1.90. The van der Waals surface area contributed by atoms with E-state index in [1.54, 1.807) is 12.1 Å². The average molecular weight is 322 g/mol. The monoisotopic (exact) mass is 322 g/mol. The first-order valence-electron chi connectivity index (χ1n) is 7.38. The highest BCUT2D eigenvalue weighted by Crippen LogP contribution is 2.13. The maximum atomic E-state index is 12.9. The second-order valence-electron chi connectivity index (χ2n) is 5.07. The molecule has 3 rings (SSSR count). The number of anilines is 2. The lowest BCUT2D eigenvalue weighted by Gasteiger charge is -2.07. The van der Waals surface area contributed by atoms with Crippen LogP contribution in [0.1, 0.15) is 16.1 Å². The summed E-state index contributed by atoms with van der Waals surface area (Å²) < 4.78 is 12.9. The fourth-order valence-corrected chi connectivity index (χ4v) is 2.08. The molecule has 0 spiro atoms. The number of rotatable bonds is 5. The molecule has 0 saturated heterocycles. The lowest BCUT2D eigenvalue weighted by atomic mass is 10.2. The van der Waals surface area contributed by atoms with E-state index >= 15 is 0 Å². The van der Waals surface area contributed by atoms with Crippen LogP contribution in [0.25, 0.3) is 0 Å². The van der Waals surface area contributed by atoms with Crippen LogP contribution < -0.4 is 10.6 Å². The van der Waals surface area contributed by atoms with Crippen molar-refractivity contribution in [2.24, 2.45) is 0 Å². The normalized spacial score (nSPS) is 10.2. The molecule has 1 aromatic heterocycles. The molecule has 0 aliphatic rings. The molecule has 0 atom stereocenters. The van der Waals surface area contributed by atoms with Crippen LogP contribution in [0.2, 0.25) is 0 Å². The zero-order valence-corrected chi connectivity index (χ0v) is 12.7. The van der Waals surface area contributed by atoms with Gasteiger partial charge in [-0.3, -0.25) is 4.79 Å². The van der Waals surface area contributed by atoms with Crippen molar-refractivity contribution in [3.05, 3.63) is 83.9 Å². The Morgan fingerprint density at radius 2 is 1.75 bits per heavy atom. The number of amides is 1. The summed E-state index contributed by atoms with van der Waals surface area (Å²) in [6.07, 6.45) is 1.50. The van der Waals surface area contributed by atoms with Crippen molar-refractivity contribution in [3.8, 4) is 0 Å². The third-order valence-corrected chi connectivity index (χ3v) is 3.28. The van der Waals surface area contributed by atoms with E-state index in [9.17, 15) is 9.18 Å². The number of aromatic nitrogens is 2. The topological polar surface area (TPSA) is 66.9 Å². The average Bonchev–Trinajstić information content (AvgIpc) is 2.63. The van der Waals surface area contributed by atoms with Crippen LogP contribution in [0.3, 0.4) is 0 Å². The first-order valence-corrected chi connectivity index (χ1v) is 7.38. The molecular formula is C18H15FN4O. The number of hydrogen-bond acceptors (Lipinski definition) is 4. The Bertz CT molecular complexity index is 822. The quantitative estimate of drug-likeness (QED) is 0.756. The van der Waals surface area contributed by atoms with Crippen molar-refractivity contribution in [2.45, 2.75) is 6.54 Å². The maximum absolute atomic E-state index is 12.9. The molecule has 0 fully saturated rings. The Labute approximate surface area is 138 Å². The van der Waals surface area contributed by atoms with Crippen LogP contribution in [0.4, 0.5) is 16.0 Å². The van der Waals surface area contributed by atoms with E-state index in [1.165, 1.54) is 24.4 Å². The van der Waals surface area contributed by atoms with E-state index in [1.807, 2.05) is 30.3 Å². The molecule has 2 aromatic carbocycles. The molecule has 0 saturated carbocycles. The lowest BCUT2D eigenvalue weighted by molar-refractivity contribution is 0.0946. The minimum absolute atomic E-state index is 0.255. The van der Waals surface area contributed by atoms with Gasteiger partial charge in [-0.15, -0.1) is 0 Å². The fourth-order valence-electron chi connectivity index (χ4n) is 2.08. The van der Waals surface area contributed by atoms with Gasteiger partial charge in [-0.2, -0.15) is 0 Å². The van der Waals surface area contributed by atoms with E-state index in [4.69, 9.17) is 0 Å². The molecule has 5 nitrogen and oxygen atoms in total. The van der Waals surface area contributed by atoms with Gasteiger partial charge in [0.2, 0.25) is 5.95 Å². The zero-order valence-electron chi connectivity index (χ0n) is 12.7. The summed E-state index contributed by atoms with van der Waals surface area (Å²) in [7, 11) is 0. The van der Waals surface area contributed by atoms with Crippen LogP contribution >= 0.6 is 0 Å². The summed E-state index contributed by atoms with van der Waals surface area (Å²) in [6.45, 7) is 0.421. The first kappa shape index (κ1) is 15.6. The Hall–Kier alpha value is -3.28. The SMILES string of the molecule is O=C(NCc1ccccc1)c1ccnc(Nc2ccc(F)cc2)n1. The number of carbonyl (C=O) groups excluding carboxylic acids is 1. The van der Waals surface area contributed by atoms with Crippen molar-refractivity contribution in [1.29, 1.82) is 0 Å². The van der Waals surface area contributed by atoms with Crippen LogP contribution in [-0.4, -0.2) is 15.9 Å². The van der Waals surface area contributed by atoms with Gasteiger partial charge in [0.25, 0.3) is 5.91 Å². The summed E-state index contributed by atoms with van der Waals surface area (Å²) in [5.74, 6) is -0.340. The Morgan fingerprint density at radius 3 is 2.50 bits per heavy atom. The largest absolute Gasteiger partial charge is 0.347 e. The zero-order chi connectivity index (χ0) is 16.8. The molecule has 0 bridgehead atoms. The van der Waals surface area contributed by atoms with E-state index < -0.39 is 0 Å². The molecule has 2 N–H and O–H groups in total. The van der Waals surface area contributed by atoms with Gasteiger partial charge in [0, 0.05) is 18.4 Å². The van der Waals surface area contributed by atoms with Gasteiger partial charge in [0.15, 0.2) is 0 Å². The molecule has 0 radical (unpaired) electrons. The predicted molar refractivity (Wildman–Crippen MR) is 89.3 cm³/mol. The van der Waals surface area contributed by atoms with Gasteiger partial charge in [0.1, 0.15) is 11.5 Å². The second kappa shape index (κ2) is 7.32. The number of carbonyl (C=O) groups is 1.